The third kappa shape index (κ3) is 6.77. The number of hydrogen-bond acceptors (Lipinski definition) is 7. The summed E-state index contributed by atoms with van der Waals surface area (Å²) in [6.07, 6.45) is 2.65. The predicted molar refractivity (Wildman–Crippen MR) is 61.9 cm³/mol. The Morgan fingerprint density at radius 1 is 1.06 bits per heavy atom. The van der Waals surface area contributed by atoms with Gasteiger partial charge in [-0.3, -0.25) is 0 Å². The number of carbonyl (C=O) groups is 2. The maximum Gasteiger partial charge on any atom is 0.346 e. The van der Waals surface area contributed by atoms with Crippen molar-refractivity contribution >= 4 is 23.7 Å². The zero-order chi connectivity index (χ0) is 13.3. The summed E-state index contributed by atoms with van der Waals surface area (Å²) in [7, 11) is 0. The van der Waals surface area contributed by atoms with Gasteiger partial charge in [-0.25, -0.2) is 9.59 Å². The fourth-order valence-corrected chi connectivity index (χ4v) is 1.26. The smallest absolute Gasteiger partial charge is 0.346 e. The van der Waals surface area contributed by atoms with Crippen LogP contribution < -0.4 is 0 Å². The number of carbonyl (C=O) groups excluding carboxylic acids is 2. The van der Waals surface area contributed by atoms with E-state index in [1.165, 1.54) is 12.2 Å². The highest BCUT2D eigenvalue weighted by Gasteiger charge is 2.26. The van der Waals surface area contributed by atoms with E-state index in [1.807, 2.05) is 0 Å². The van der Waals surface area contributed by atoms with E-state index in [0.29, 0.717) is 11.8 Å². The molecule has 0 amide bonds. The molecule has 0 aromatic rings. The summed E-state index contributed by atoms with van der Waals surface area (Å²) in [5, 5.41) is 18.5. The van der Waals surface area contributed by atoms with E-state index in [1.54, 1.807) is 0 Å². The number of thioether (sulfide) groups is 1. The van der Waals surface area contributed by atoms with Crippen molar-refractivity contribution < 1.29 is 29.3 Å². The fraction of sp³-hybridized carbons (Fsp3) is 0.400. The van der Waals surface area contributed by atoms with Crippen LogP contribution in [0.1, 0.15) is 0 Å². The molecule has 2 N–H and O–H groups in total. The zero-order valence-corrected chi connectivity index (χ0v) is 9.89. The molecule has 0 bridgehead atoms. The van der Waals surface area contributed by atoms with Crippen molar-refractivity contribution in [3.63, 3.8) is 0 Å². The highest BCUT2D eigenvalue weighted by Crippen LogP contribution is 2.16. The van der Waals surface area contributed by atoms with Crippen LogP contribution in [-0.2, 0) is 19.1 Å². The van der Waals surface area contributed by atoms with E-state index in [4.69, 9.17) is 0 Å². The second kappa shape index (κ2) is 8.80. The van der Waals surface area contributed by atoms with Crippen LogP contribution in [0.15, 0.2) is 25.3 Å². The van der Waals surface area contributed by atoms with Gasteiger partial charge in [0.1, 0.15) is 13.2 Å². The predicted octanol–water partition coefficient (Wildman–Crippen LogP) is -0.185. The molecule has 0 fully saturated rings. The molecule has 17 heavy (non-hydrogen) atoms. The molecule has 2 atom stereocenters. The summed E-state index contributed by atoms with van der Waals surface area (Å²) < 4.78 is 9.02. The minimum absolute atomic E-state index is 0.0620. The van der Waals surface area contributed by atoms with E-state index in [0.717, 1.165) is 0 Å². The molecule has 0 saturated carbocycles. The van der Waals surface area contributed by atoms with Crippen LogP contribution in [-0.4, -0.2) is 46.2 Å². The summed E-state index contributed by atoms with van der Waals surface area (Å²) in [5.41, 5.74) is -3.33. The first-order valence-corrected chi connectivity index (χ1v) is 5.53. The van der Waals surface area contributed by atoms with Gasteiger partial charge in [0.05, 0.1) is 0 Å². The molecule has 0 aliphatic heterocycles. The zero-order valence-electron chi connectivity index (χ0n) is 9.07. The summed E-state index contributed by atoms with van der Waals surface area (Å²) >= 11 is 0.310. The Hall–Kier alpha value is -1.31. The number of aliphatic hydroxyl groups is 2. The molecule has 0 aromatic heterocycles. The molecule has 0 radical (unpaired) electrons. The minimum atomic E-state index is -1.67. The Kier molecular flexibility index (Phi) is 8.12. The van der Waals surface area contributed by atoms with Crippen LogP contribution in [0.3, 0.4) is 0 Å². The maximum atomic E-state index is 11.1. The molecule has 0 spiro atoms. The van der Waals surface area contributed by atoms with E-state index in [2.05, 4.69) is 22.6 Å². The Morgan fingerprint density at radius 3 is 1.71 bits per heavy atom. The fourth-order valence-electron chi connectivity index (χ4n) is 0.658. The van der Waals surface area contributed by atoms with Crippen LogP contribution in [0.5, 0.6) is 0 Å². The Balaban J connectivity index is 4.04. The lowest BCUT2D eigenvalue weighted by Gasteiger charge is -2.13. The minimum Gasteiger partial charge on any atom is -0.459 e. The topological polar surface area (TPSA) is 93.1 Å². The SMILES string of the molecule is C=CCOC(=O)C(O)SC(O)C(=O)OCC=C. The van der Waals surface area contributed by atoms with Crippen LogP contribution in [0, 0.1) is 0 Å². The van der Waals surface area contributed by atoms with Gasteiger partial charge in [-0.2, -0.15) is 0 Å². The number of rotatable bonds is 8. The summed E-state index contributed by atoms with van der Waals surface area (Å²) in [4.78, 5) is 22.1. The van der Waals surface area contributed by atoms with Gasteiger partial charge in [-0.15, -0.1) is 0 Å². The van der Waals surface area contributed by atoms with Crippen molar-refractivity contribution in [1.82, 2.24) is 0 Å². The van der Waals surface area contributed by atoms with Gasteiger partial charge in [0.15, 0.2) is 0 Å². The number of aliphatic hydroxyl groups excluding tert-OH is 2. The molecule has 0 rings (SSSR count). The molecule has 0 aliphatic rings. The second-order valence-electron chi connectivity index (χ2n) is 2.68. The van der Waals surface area contributed by atoms with Gasteiger partial charge in [-0.05, 0) is 0 Å². The van der Waals surface area contributed by atoms with Gasteiger partial charge in [-0.1, -0.05) is 37.1 Å². The molecule has 0 aliphatic carbocycles. The maximum absolute atomic E-state index is 11.1. The first-order chi connectivity index (χ1) is 8.02. The van der Waals surface area contributed by atoms with Crippen LogP contribution in [0.4, 0.5) is 0 Å². The van der Waals surface area contributed by atoms with Gasteiger partial charge >= 0.3 is 11.9 Å². The third-order valence-corrected chi connectivity index (χ3v) is 2.25. The lowest BCUT2D eigenvalue weighted by Crippen LogP contribution is -2.27. The summed E-state index contributed by atoms with van der Waals surface area (Å²) in [6.45, 7) is 6.51. The molecular formula is C10H14O6S. The molecule has 6 nitrogen and oxygen atoms in total. The van der Waals surface area contributed by atoms with Crippen molar-refractivity contribution in [3.8, 4) is 0 Å². The van der Waals surface area contributed by atoms with E-state index >= 15 is 0 Å². The van der Waals surface area contributed by atoms with Crippen molar-refractivity contribution in [1.29, 1.82) is 0 Å². The lowest BCUT2D eigenvalue weighted by molar-refractivity contribution is -0.148. The molecule has 7 heteroatoms. The van der Waals surface area contributed by atoms with Gasteiger partial charge in [0, 0.05) is 0 Å². The monoisotopic (exact) mass is 262 g/mol. The largest absolute Gasteiger partial charge is 0.459 e. The van der Waals surface area contributed by atoms with Gasteiger partial charge < -0.3 is 19.7 Å². The van der Waals surface area contributed by atoms with Gasteiger partial charge in [0.2, 0.25) is 10.9 Å². The quantitative estimate of drug-likeness (QED) is 0.356. The normalized spacial score (nSPS) is 13.3. The van der Waals surface area contributed by atoms with Gasteiger partial charge in [0.25, 0.3) is 0 Å². The molecule has 0 heterocycles. The first-order valence-electron chi connectivity index (χ1n) is 4.59. The Labute approximate surface area is 103 Å². The Morgan fingerprint density at radius 2 is 1.41 bits per heavy atom. The van der Waals surface area contributed by atoms with Crippen molar-refractivity contribution in [2.45, 2.75) is 10.9 Å². The van der Waals surface area contributed by atoms with Crippen molar-refractivity contribution in [2.24, 2.45) is 0 Å². The standard InChI is InChI=1S/C10H14O6S/c1-3-5-15-7(11)9(13)17-10(14)8(12)16-6-4-2/h3-4,9-10,13-14H,1-2,5-6H2. The van der Waals surface area contributed by atoms with Crippen LogP contribution >= 0.6 is 11.8 Å². The number of esters is 2. The van der Waals surface area contributed by atoms with Crippen LogP contribution in [0.25, 0.3) is 0 Å². The second-order valence-corrected chi connectivity index (χ2v) is 3.84. The molecule has 0 saturated heterocycles. The highest BCUT2D eigenvalue weighted by atomic mass is 32.2. The van der Waals surface area contributed by atoms with E-state index in [9.17, 15) is 19.8 Å². The Bertz CT molecular complexity index is 263. The van der Waals surface area contributed by atoms with E-state index in [-0.39, 0.29) is 13.2 Å². The van der Waals surface area contributed by atoms with Crippen molar-refractivity contribution in [2.75, 3.05) is 13.2 Å². The summed E-state index contributed by atoms with van der Waals surface area (Å²) in [5.74, 6) is -1.93. The first kappa shape index (κ1) is 15.7. The highest BCUT2D eigenvalue weighted by molar-refractivity contribution is 8.01. The third-order valence-electron chi connectivity index (χ3n) is 1.35. The lowest BCUT2D eigenvalue weighted by atomic mass is 10.6. The number of ether oxygens (including phenoxy) is 2. The molecule has 2 unspecified atom stereocenters. The molecular weight excluding hydrogens is 248 g/mol. The van der Waals surface area contributed by atoms with Crippen molar-refractivity contribution in [3.05, 3.63) is 25.3 Å². The molecule has 0 aromatic carbocycles. The van der Waals surface area contributed by atoms with E-state index < -0.39 is 22.8 Å². The number of hydrogen-bond donors (Lipinski definition) is 2. The van der Waals surface area contributed by atoms with Crippen LogP contribution in [0.2, 0.25) is 0 Å². The molecule has 96 valence electrons. The average molecular weight is 262 g/mol. The average Bonchev–Trinajstić information content (AvgIpc) is 2.32. The summed E-state index contributed by atoms with van der Waals surface area (Å²) in [6, 6.07) is 0.